The molecule has 3 amide bonds. The maximum atomic E-state index is 13.0. The Morgan fingerprint density at radius 2 is 1.75 bits per heavy atom. The smallest absolute Gasteiger partial charge is 0.324 e. The molecule has 2 N–H and O–H groups in total. The van der Waals surface area contributed by atoms with Gasteiger partial charge in [-0.2, -0.15) is 0 Å². The number of likely N-dealkylation sites (tertiary alicyclic amines) is 1. The van der Waals surface area contributed by atoms with Gasteiger partial charge >= 0.3 is 6.03 Å². The van der Waals surface area contributed by atoms with Gasteiger partial charge in [-0.15, -0.1) is 0 Å². The Morgan fingerprint density at radius 3 is 2.38 bits per heavy atom. The first-order valence-electron chi connectivity index (χ1n) is 12.8. The Morgan fingerprint density at radius 1 is 1.03 bits per heavy atom. The summed E-state index contributed by atoms with van der Waals surface area (Å²) in [7, 11) is 0. The fourth-order valence-corrected chi connectivity index (χ4v) is 4.51. The third-order valence-corrected chi connectivity index (χ3v) is 6.60. The molecule has 5 nitrogen and oxygen atoms in total. The molecule has 0 aromatic heterocycles. The lowest BCUT2D eigenvalue weighted by Crippen LogP contribution is -2.51. The molecule has 0 saturated carbocycles. The molecule has 1 aliphatic rings. The lowest BCUT2D eigenvalue weighted by atomic mass is 9.93. The zero-order chi connectivity index (χ0) is 23.5. The summed E-state index contributed by atoms with van der Waals surface area (Å²) in [5, 5.41) is 6.24. The lowest BCUT2D eigenvalue weighted by molar-refractivity contribution is -0.124. The predicted molar refractivity (Wildman–Crippen MR) is 134 cm³/mol. The predicted octanol–water partition coefficient (Wildman–Crippen LogP) is 6.56. The van der Waals surface area contributed by atoms with Crippen molar-refractivity contribution in [1.82, 2.24) is 10.2 Å². The van der Waals surface area contributed by atoms with Crippen LogP contribution < -0.4 is 10.6 Å². The SMILES string of the molecule is CCC[C@@H](CCC(C)C)C(=O)NC(=O)N1CCCC[C@@H]1CCNc1ccc(C(C)C)cc1. The zero-order valence-electron chi connectivity index (χ0n) is 21.0. The summed E-state index contributed by atoms with van der Waals surface area (Å²) in [5.74, 6) is 0.942. The van der Waals surface area contributed by atoms with E-state index in [2.05, 4.69) is 69.5 Å². The van der Waals surface area contributed by atoms with E-state index in [9.17, 15) is 9.59 Å². The van der Waals surface area contributed by atoms with Gasteiger partial charge in [-0.25, -0.2) is 4.79 Å². The van der Waals surface area contributed by atoms with Gasteiger partial charge in [0.25, 0.3) is 0 Å². The molecule has 1 saturated heterocycles. The highest BCUT2D eigenvalue weighted by Gasteiger charge is 2.29. The fourth-order valence-electron chi connectivity index (χ4n) is 4.51. The van der Waals surface area contributed by atoms with Crippen molar-refractivity contribution in [3.05, 3.63) is 29.8 Å². The van der Waals surface area contributed by atoms with Gasteiger partial charge in [-0.1, -0.05) is 59.6 Å². The second-order valence-corrected chi connectivity index (χ2v) is 10.1. The van der Waals surface area contributed by atoms with E-state index in [1.165, 1.54) is 5.56 Å². The number of nitrogens with zero attached hydrogens (tertiary/aromatic N) is 1. The molecule has 1 aromatic rings. The molecule has 0 bridgehead atoms. The van der Waals surface area contributed by atoms with Gasteiger partial charge in [0.05, 0.1) is 0 Å². The van der Waals surface area contributed by atoms with Crippen LogP contribution in [0.1, 0.15) is 97.5 Å². The largest absolute Gasteiger partial charge is 0.385 e. The van der Waals surface area contributed by atoms with E-state index in [1.54, 1.807) is 0 Å². The number of nitrogens with one attached hydrogen (secondary N) is 2. The van der Waals surface area contributed by atoms with Gasteiger partial charge in [0.2, 0.25) is 5.91 Å². The Hall–Kier alpha value is -2.04. The van der Waals surface area contributed by atoms with Crippen LogP contribution in [0.2, 0.25) is 0 Å². The van der Waals surface area contributed by atoms with Gasteiger partial charge in [-0.05, 0) is 68.1 Å². The normalized spacial score (nSPS) is 17.5. The molecule has 1 heterocycles. The number of piperidine rings is 1. The van der Waals surface area contributed by atoms with Gasteiger partial charge in [0, 0.05) is 30.7 Å². The minimum absolute atomic E-state index is 0.0648. The molecule has 1 fully saturated rings. The van der Waals surface area contributed by atoms with Gasteiger partial charge < -0.3 is 10.2 Å². The molecule has 1 aliphatic heterocycles. The first kappa shape index (κ1) is 26.2. The Labute approximate surface area is 195 Å². The molecule has 0 unspecified atom stereocenters. The van der Waals surface area contributed by atoms with E-state index in [0.29, 0.717) is 11.8 Å². The van der Waals surface area contributed by atoms with Crippen molar-refractivity contribution in [3.63, 3.8) is 0 Å². The first-order chi connectivity index (χ1) is 15.3. The van der Waals surface area contributed by atoms with Crippen molar-refractivity contribution in [1.29, 1.82) is 0 Å². The maximum Gasteiger partial charge on any atom is 0.324 e. The average Bonchev–Trinajstić information content (AvgIpc) is 2.77. The highest BCUT2D eigenvalue weighted by atomic mass is 16.2. The zero-order valence-corrected chi connectivity index (χ0v) is 21.0. The second kappa shape index (κ2) is 13.5. The van der Waals surface area contributed by atoms with E-state index >= 15 is 0 Å². The van der Waals surface area contributed by atoms with Crippen molar-refractivity contribution in [2.45, 2.75) is 97.9 Å². The van der Waals surface area contributed by atoms with E-state index in [1.807, 2.05) is 4.90 Å². The third kappa shape index (κ3) is 8.48. The van der Waals surface area contributed by atoms with Crippen molar-refractivity contribution in [2.24, 2.45) is 11.8 Å². The van der Waals surface area contributed by atoms with Crippen LogP contribution in [0.5, 0.6) is 0 Å². The van der Waals surface area contributed by atoms with E-state index in [4.69, 9.17) is 0 Å². The Balaban J connectivity index is 1.87. The second-order valence-electron chi connectivity index (χ2n) is 10.1. The summed E-state index contributed by atoms with van der Waals surface area (Å²) < 4.78 is 0. The van der Waals surface area contributed by atoms with Crippen molar-refractivity contribution in [3.8, 4) is 0 Å². The number of carbonyl (C=O) groups is 2. The summed E-state index contributed by atoms with van der Waals surface area (Å²) in [5.41, 5.74) is 2.45. The maximum absolute atomic E-state index is 13.0. The number of amides is 3. The minimum Gasteiger partial charge on any atom is -0.385 e. The van der Waals surface area contributed by atoms with Crippen LogP contribution >= 0.6 is 0 Å². The number of hydrogen-bond acceptors (Lipinski definition) is 3. The highest BCUT2D eigenvalue weighted by molar-refractivity contribution is 5.95. The van der Waals surface area contributed by atoms with Crippen molar-refractivity contribution < 1.29 is 9.59 Å². The van der Waals surface area contributed by atoms with Crippen LogP contribution in [0.4, 0.5) is 10.5 Å². The van der Waals surface area contributed by atoms with Gasteiger partial charge in [0.15, 0.2) is 0 Å². The number of rotatable bonds is 11. The molecular formula is C27H45N3O2. The summed E-state index contributed by atoms with van der Waals surface area (Å²) >= 11 is 0. The van der Waals surface area contributed by atoms with Crippen LogP contribution in [-0.4, -0.2) is 36.0 Å². The Kier molecular flexibility index (Phi) is 11.1. The first-order valence-corrected chi connectivity index (χ1v) is 12.8. The number of imide groups is 1. The average molecular weight is 444 g/mol. The molecule has 0 spiro atoms. The van der Waals surface area contributed by atoms with E-state index in [0.717, 1.165) is 70.1 Å². The molecule has 5 heteroatoms. The number of carbonyl (C=O) groups excluding carboxylic acids is 2. The molecule has 1 aromatic carbocycles. The lowest BCUT2D eigenvalue weighted by Gasteiger charge is -2.36. The summed E-state index contributed by atoms with van der Waals surface area (Å²) in [6.07, 6.45) is 7.71. The quantitative estimate of drug-likeness (QED) is 0.407. The molecule has 180 valence electrons. The van der Waals surface area contributed by atoms with E-state index in [-0.39, 0.29) is 23.9 Å². The number of hydrogen-bond donors (Lipinski definition) is 2. The molecule has 2 rings (SSSR count). The summed E-state index contributed by atoms with van der Waals surface area (Å²) in [4.78, 5) is 27.7. The summed E-state index contributed by atoms with van der Waals surface area (Å²) in [6.45, 7) is 12.4. The van der Waals surface area contributed by atoms with Gasteiger partial charge in [0.1, 0.15) is 0 Å². The van der Waals surface area contributed by atoms with Crippen molar-refractivity contribution in [2.75, 3.05) is 18.4 Å². The van der Waals surface area contributed by atoms with Crippen LogP contribution in [-0.2, 0) is 4.79 Å². The minimum atomic E-state index is -0.202. The molecular weight excluding hydrogens is 398 g/mol. The van der Waals surface area contributed by atoms with Crippen LogP contribution in [0.3, 0.4) is 0 Å². The molecule has 32 heavy (non-hydrogen) atoms. The monoisotopic (exact) mass is 443 g/mol. The molecule has 0 radical (unpaired) electrons. The standard InChI is InChI=1S/C27H45N3O2/c1-6-9-23(12-11-20(2)3)26(31)29-27(32)30-19-8-7-10-25(30)17-18-28-24-15-13-22(14-16-24)21(4)5/h13-16,20-21,23,25,28H,6-12,17-19H2,1-5H3,(H,29,31,32)/t23-,25+/m0/s1. The number of anilines is 1. The fraction of sp³-hybridized carbons (Fsp3) is 0.704. The van der Waals surface area contributed by atoms with E-state index < -0.39 is 0 Å². The third-order valence-electron chi connectivity index (χ3n) is 6.60. The van der Waals surface area contributed by atoms with Gasteiger partial charge in [-0.3, -0.25) is 10.1 Å². The van der Waals surface area contributed by atoms with Crippen LogP contribution in [0.25, 0.3) is 0 Å². The van der Waals surface area contributed by atoms with Crippen molar-refractivity contribution >= 4 is 17.6 Å². The number of urea groups is 1. The highest BCUT2D eigenvalue weighted by Crippen LogP contribution is 2.22. The molecule has 0 aliphatic carbocycles. The summed E-state index contributed by atoms with van der Waals surface area (Å²) in [6, 6.07) is 8.58. The Bertz CT molecular complexity index is 699. The number of benzene rings is 1. The van der Waals surface area contributed by atoms with Crippen LogP contribution in [0, 0.1) is 11.8 Å². The molecule has 2 atom stereocenters. The topological polar surface area (TPSA) is 61.4 Å². The van der Waals surface area contributed by atoms with Crippen LogP contribution in [0.15, 0.2) is 24.3 Å².